The Morgan fingerprint density at radius 3 is 2.63 bits per heavy atom. The molecular formula is C20H26N4O3. The van der Waals surface area contributed by atoms with Gasteiger partial charge < -0.3 is 14.5 Å². The van der Waals surface area contributed by atoms with Crippen molar-refractivity contribution < 1.29 is 14.3 Å². The number of benzene rings is 1. The monoisotopic (exact) mass is 370 g/mol. The molecule has 7 nitrogen and oxygen atoms in total. The lowest BCUT2D eigenvalue weighted by atomic mass is 9.87. The van der Waals surface area contributed by atoms with Gasteiger partial charge in [-0.25, -0.2) is 0 Å². The number of likely N-dealkylation sites (N-methyl/N-ethyl adjacent to an activating group) is 1. The fraction of sp³-hybridized carbons (Fsp3) is 0.450. The first kappa shape index (κ1) is 18.9. The smallest absolute Gasteiger partial charge is 0.260 e. The van der Waals surface area contributed by atoms with Gasteiger partial charge in [-0.3, -0.25) is 14.3 Å². The van der Waals surface area contributed by atoms with Crippen LogP contribution in [-0.2, 0) is 15.1 Å². The molecule has 7 heteroatoms. The van der Waals surface area contributed by atoms with Crippen molar-refractivity contribution >= 4 is 11.8 Å². The zero-order valence-corrected chi connectivity index (χ0v) is 16.1. The first-order valence-electron chi connectivity index (χ1n) is 9.11. The van der Waals surface area contributed by atoms with Crippen molar-refractivity contribution in [1.29, 1.82) is 0 Å². The van der Waals surface area contributed by atoms with Crippen LogP contribution in [0.4, 0.5) is 0 Å². The van der Waals surface area contributed by atoms with Gasteiger partial charge in [0.15, 0.2) is 12.1 Å². The molecule has 2 heterocycles. The topological polar surface area (TPSA) is 67.7 Å². The van der Waals surface area contributed by atoms with Crippen LogP contribution in [0.15, 0.2) is 42.7 Å². The summed E-state index contributed by atoms with van der Waals surface area (Å²) in [6.07, 6.45) is 4.83. The summed E-state index contributed by atoms with van der Waals surface area (Å²) in [5, 5.41) is 4.31. The van der Waals surface area contributed by atoms with Crippen molar-refractivity contribution in [3.63, 3.8) is 0 Å². The third-order valence-corrected chi connectivity index (χ3v) is 4.95. The summed E-state index contributed by atoms with van der Waals surface area (Å²) in [5.74, 6) is 0.482. The first-order valence-corrected chi connectivity index (χ1v) is 9.11. The first-order chi connectivity index (χ1) is 12.9. The molecule has 1 aromatic carbocycles. The number of carbonyl (C=O) groups excluding carboxylic acids is 2. The fourth-order valence-corrected chi connectivity index (χ4v) is 3.52. The minimum atomic E-state index is -0.870. The van der Waals surface area contributed by atoms with E-state index in [1.54, 1.807) is 47.0 Å². The molecule has 1 aromatic heterocycles. The number of nitrogens with zero attached hydrogens (tertiary/aromatic N) is 4. The summed E-state index contributed by atoms with van der Waals surface area (Å²) in [6, 6.07) is 9.38. The van der Waals surface area contributed by atoms with Crippen LogP contribution in [0, 0.1) is 6.92 Å². The van der Waals surface area contributed by atoms with Crippen molar-refractivity contribution in [3.8, 4) is 5.75 Å². The second-order valence-electron chi connectivity index (χ2n) is 7.20. The number of piperidine rings is 1. The predicted molar refractivity (Wildman–Crippen MR) is 101 cm³/mol. The molecule has 0 spiro atoms. The molecule has 1 aliphatic rings. The van der Waals surface area contributed by atoms with Gasteiger partial charge in [0, 0.05) is 33.0 Å². The summed E-state index contributed by atoms with van der Waals surface area (Å²) in [7, 11) is 3.46. The molecule has 27 heavy (non-hydrogen) atoms. The second kappa shape index (κ2) is 7.82. The lowest BCUT2D eigenvalue weighted by Crippen LogP contribution is -2.59. The van der Waals surface area contributed by atoms with E-state index in [0.717, 1.165) is 12.0 Å². The van der Waals surface area contributed by atoms with Crippen LogP contribution in [0.2, 0.25) is 0 Å². The maximum atomic E-state index is 13.0. The maximum absolute atomic E-state index is 13.0. The molecule has 1 unspecified atom stereocenters. The molecule has 0 aliphatic carbocycles. The molecule has 1 aliphatic heterocycles. The fourth-order valence-electron chi connectivity index (χ4n) is 3.52. The average molecular weight is 370 g/mol. The summed E-state index contributed by atoms with van der Waals surface area (Å²) in [5.41, 5.74) is 0.265. The van der Waals surface area contributed by atoms with Gasteiger partial charge in [-0.2, -0.15) is 5.10 Å². The predicted octanol–water partition coefficient (Wildman–Crippen LogP) is 1.68. The highest BCUT2D eigenvalue weighted by Gasteiger charge is 2.46. The average Bonchev–Trinajstić information content (AvgIpc) is 3.22. The van der Waals surface area contributed by atoms with Gasteiger partial charge in [-0.15, -0.1) is 0 Å². The van der Waals surface area contributed by atoms with E-state index < -0.39 is 5.54 Å². The van der Waals surface area contributed by atoms with Gasteiger partial charge in [-0.1, -0.05) is 17.7 Å². The van der Waals surface area contributed by atoms with Crippen LogP contribution in [0.3, 0.4) is 0 Å². The number of rotatable bonds is 5. The minimum Gasteiger partial charge on any atom is -0.484 e. The van der Waals surface area contributed by atoms with Crippen LogP contribution in [0.25, 0.3) is 0 Å². The molecule has 0 bridgehead atoms. The van der Waals surface area contributed by atoms with Gasteiger partial charge in [0.1, 0.15) is 5.75 Å². The van der Waals surface area contributed by atoms with E-state index in [4.69, 9.17) is 4.74 Å². The third-order valence-electron chi connectivity index (χ3n) is 4.95. The van der Waals surface area contributed by atoms with Crippen LogP contribution in [0.5, 0.6) is 5.75 Å². The summed E-state index contributed by atoms with van der Waals surface area (Å²) >= 11 is 0. The molecule has 1 saturated heterocycles. The summed E-state index contributed by atoms with van der Waals surface area (Å²) in [6.45, 7) is 2.86. The van der Waals surface area contributed by atoms with Crippen molar-refractivity contribution in [3.05, 3.63) is 48.3 Å². The van der Waals surface area contributed by atoms with E-state index in [-0.39, 0.29) is 18.4 Å². The molecule has 1 fully saturated rings. The number of amides is 2. The molecular weight excluding hydrogens is 344 g/mol. The molecule has 2 amide bonds. The highest BCUT2D eigenvalue weighted by molar-refractivity contribution is 5.86. The van der Waals surface area contributed by atoms with Crippen LogP contribution in [-0.4, -0.2) is 65.2 Å². The Morgan fingerprint density at radius 2 is 2.00 bits per heavy atom. The standard InChI is InChI=1S/C20H26N4O3/c1-16-6-8-17(9-7-16)27-14-18(25)23-12-4-10-20(15-23,19(26)22(2)3)24-13-5-11-21-24/h5-9,11,13H,4,10,12,14-15H2,1-3H3. The van der Waals surface area contributed by atoms with Gasteiger partial charge in [0.05, 0.1) is 6.54 Å². The Hall–Kier alpha value is -2.83. The molecule has 0 N–H and O–H groups in total. The second-order valence-corrected chi connectivity index (χ2v) is 7.20. The van der Waals surface area contributed by atoms with Gasteiger partial charge in [0.25, 0.3) is 11.8 Å². The van der Waals surface area contributed by atoms with E-state index in [0.29, 0.717) is 25.3 Å². The molecule has 3 rings (SSSR count). The van der Waals surface area contributed by atoms with Crippen molar-refractivity contribution in [2.75, 3.05) is 33.8 Å². The third kappa shape index (κ3) is 3.97. The molecule has 0 saturated carbocycles. The SMILES string of the molecule is Cc1ccc(OCC(=O)N2CCCC(C(=O)N(C)C)(n3cccn3)C2)cc1. The van der Waals surface area contributed by atoms with E-state index in [2.05, 4.69) is 5.10 Å². The van der Waals surface area contributed by atoms with Crippen LogP contribution >= 0.6 is 0 Å². The molecule has 144 valence electrons. The van der Waals surface area contributed by atoms with Gasteiger partial charge in [-0.05, 0) is 38.0 Å². The number of carbonyl (C=O) groups is 2. The van der Waals surface area contributed by atoms with Gasteiger partial charge in [0.2, 0.25) is 0 Å². The number of ether oxygens (including phenoxy) is 1. The number of likely N-dealkylation sites (tertiary alicyclic amines) is 1. The Morgan fingerprint density at radius 1 is 1.26 bits per heavy atom. The van der Waals surface area contributed by atoms with Crippen molar-refractivity contribution in [1.82, 2.24) is 19.6 Å². The zero-order valence-electron chi connectivity index (χ0n) is 16.1. The highest BCUT2D eigenvalue weighted by Crippen LogP contribution is 2.30. The Bertz CT molecular complexity index is 786. The number of hydrogen-bond acceptors (Lipinski definition) is 4. The van der Waals surface area contributed by atoms with Crippen molar-refractivity contribution in [2.24, 2.45) is 0 Å². The number of aromatic nitrogens is 2. The minimum absolute atomic E-state index is 0.0472. The largest absolute Gasteiger partial charge is 0.484 e. The molecule has 1 atom stereocenters. The van der Waals surface area contributed by atoms with E-state index in [9.17, 15) is 9.59 Å². The lowest BCUT2D eigenvalue weighted by molar-refractivity contribution is -0.147. The normalized spacial score (nSPS) is 19.6. The number of aryl methyl sites for hydroxylation is 1. The van der Waals surface area contributed by atoms with Crippen LogP contribution < -0.4 is 4.74 Å². The summed E-state index contributed by atoms with van der Waals surface area (Å²) < 4.78 is 7.32. The molecule has 0 radical (unpaired) electrons. The molecule has 2 aromatic rings. The Balaban J connectivity index is 1.73. The lowest BCUT2D eigenvalue weighted by Gasteiger charge is -2.42. The highest BCUT2D eigenvalue weighted by atomic mass is 16.5. The quantitative estimate of drug-likeness (QED) is 0.803. The van der Waals surface area contributed by atoms with Crippen LogP contribution in [0.1, 0.15) is 18.4 Å². The van der Waals surface area contributed by atoms with E-state index in [1.165, 1.54) is 0 Å². The van der Waals surface area contributed by atoms with E-state index >= 15 is 0 Å². The Kier molecular flexibility index (Phi) is 5.48. The Labute approximate surface area is 159 Å². The number of hydrogen-bond donors (Lipinski definition) is 0. The van der Waals surface area contributed by atoms with Gasteiger partial charge >= 0.3 is 0 Å². The summed E-state index contributed by atoms with van der Waals surface area (Å²) in [4.78, 5) is 29.0. The van der Waals surface area contributed by atoms with Crippen molar-refractivity contribution in [2.45, 2.75) is 25.3 Å². The maximum Gasteiger partial charge on any atom is 0.260 e. The van der Waals surface area contributed by atoms with E-state index in [1.807, 2.05) is 31.2 Å². The zero-order chi connectivity index (χ0) is 19.4.